The minimum Gasteiger partial charge on any atom is -0.357 e. The summed E-state index contributed by atoms with van der Waals surface area (Å²) in [6, 6.07) is 21.7. The number of nitrogens with zero attached hydrogens (tertiary/aromatic N) is 2. The van der Waals surface area contributed by atoms with Crippen molar-refractivity contribution in [1.29, 1.82) is 0 Å². The highest BCUT2D eigenvalue weighted by Gasteiger charge is 2.36. The van der Waals surface area contributed by atoms with E-state index < -0.39 is 0 Å². The van der Waals surface area contributed by atoms with Crippen molar-refractivity contribution < 1.29 is 0 Å². The van der Waals surface area contributed by atoms with Crippen LogP contribution in [-0.2, 0) is 0 Å². The summed E-state index contributed by atoms with van der Waals surface area (Å²) < 4.78 is 0. The Labute approximate surface area is 142 Å². The average Bonchev–Trinajstić information content (AvgIpc) is 3.11. The second-order valence-electron chi connectivity index (χ2n) is 5.57. The van der Waals surface area contributed by atoms with Gasteiger partial charge in [0.25, 0.3) is 0 Å². The van der Waals surface area contributed by atoms with Gasteiger partial charge >= 0.3 is 0 Å². The summed E-state index contributed by atoms with van der Waals surface area (Å²) in [6.45, 7) is 2.19. The van der Waals surface area contributed by atoms with Crippen LogP contribution in [0.3, 0.4) is 0 Å². The van der Waals surface area contributed by atoms with Gasteiger partial charge < -0.3 is 4.90 Å². The van der Waals surface area contributed by atoms with Gasteiger partial charge in [-0.15, -0.1) is 24.2 Å². The molecule has 2 aromatic carbocycles. The van der Waals surface area contributed by atoms with Crippen molar-refractivity contribution in [3.8, 4) is 0 Å². The third kappa shape index (κ3) is 3.01. The van der Waals surface area contributed by atoms with Crippen LogP contribution in [0.25, 0.3) is 0 Å². The molecular formula is C18H19ClN2S. The van der Waals surface area contributed by atoms with Gasteiger partial charge in [0.1, 0.15) is 5.84 Å². The molecule has 2 nitrogen and oxygen atoms in total. The molecule has 0 N–H and O–H groups in total. The molecule has 0 spiro atoms. The van der Waals surface area contributed by atoms with E-state index >= 15 is 0 Å². The SMILES string of the molecule is Cl.c1ccc(SC2CCN3CC(c4ccccc4)N=C23)cc1. The molecule has 0 saturated carbocycles. The van der Waals surface area contributed by atoms with E-state index in [2.05, 4.69) is 65.6 Å². The lowest BCUT2D eigenvalue weighted by Crippen LogP contribution is -2.24. The Morgan fingerprint density at radius 3 is 2.36 bits per heavy atom. The Bertz CT molecular complexity index is 645. The molecule has 22 heavy (non-hydrogen) atoms. The zero-order valence-electron chi connectivity index (χ0n) is 12.3. The van der Waals surface area contributed by atoms with E-state index in [1.54, 1.807) is 0 Å². The van der Waals surface area contributed by atoms with E-state index in [0.29, 0.717) is 11.3 Å². The summed E-state index contributed by atoms with van der Waals surface area (Å²) in [5.74, 6) is 1.30. The first kappa shape index (κ1) is 15.4. The summed E-state index contributed by atoms with van der Waals surface area (Å²) in [4.78, 5) is 8.83. The number of benzene rings is 2. The summed E-state index contributed by atoms with van der Waals surface area (Å²) in [7, 11) is 0. The van der Waals surface area contributed by atoms with Crippen LogP contribution in [-0.4, -0.2) is 29.1 Å². The molecule has 1 saturated heterocycles. The average molecular weight is 331 g/mol. The van der Waals surface area contributed by atoms with Crippen molar-refractivity contribution in [2.24, 2.45) is 4.99 Å². The fourth-order valence-electron chi connectivity index (χ4n) is 3.11. The summed E-state index contributed by atoms with van der Waals surface area (Å²) in [5.41, 5.74) is 1.34. The summed E-state index contributed by atoms with van der Waals surface area (Å²) in [5, 5.41) is 0.515. The fourth-order valence-corrected chi connectivity index (χ4v) is 4.29. The number of hydrogen-bond donors (Lipinski definition) is 0. The van der Waals surface area contributed by atoms with Crippen LogP contribution >= 0.6 is 24.2 Å². The Balaban J connectivity index is 0.00000144. The lowest BCUT2D eigenvalue weighted by molar-refractivity contribution is 0.454. The molecular weight excluding hydrogens is 312 g/mol. The molecule has 2 heterocycles. The van der Waals surface area contributed by atoms with E-state index in [-0.39, 0.29) is 12.4 Å². The van der Waals surface area contributed by atoms with Crippen LogP contribution in [0.1, 0.15) is 18.0 Å². The number of fused-ring (bicyclic) bond motifs is 1. The number of hydrogen-bond acceptors (Lipinski definition) is 3. The Morgan fingerprint density at radius 1 is 0.955 bits per heavy atom. The van der Waals surface area contributed by atoms with E-state index in [9.17, 15) is 0 Å². The largest absolute Gasteiger partial charge is 0.357 e. The fraction of sp³-hybridized carbons (Fsp3) is 0.278. The molecule has 1 fully saturated rings. The van der Waals surface area contributed by atoms with Crippen molar-refractivity contribution in [3.05, 3.63) is 66.2 Å². The molecule has 2 aliphatic heterocycles. The van der Waals surface area contributed by atoms with Gasteiger partial charge in [-0.3, -0.25) is 4.99 Å². The van der Waals surface area contributed by atoms with Crippen molar-refractivity contribution in [2.75, 3.05) is 13.1 Å². The number of thioether (sulfide) groups is 1. The predicted molar refractivity (Wildman–Crippen MR) is 96.1 cm³/mol. The third-order valence-corrected chi connectivity index (χ3v) is 5.44. The van der Waals surface area contributed by atoms with Crippen LogP contribution < -0.4 is 0 Å². The van der Waals surface area contributed by atoms with Gasteiger partial charge in [0, 0.05) is 18.0 Å². The number of aliphatic imine (C=N–C) groups is 1. The molecule has 0 aliphatic carbocycles. The zero-order valence-corrected chi connectivity index (χ0v) is 13.9. The van der Waals surface area contributed by atoms with Crippen LogP contribution in [0.15, 0.2) is 70.6 Å². The first-order chi connectivity index (χ1) is 10.4. The highest BCUT2D eigenvalue weighted by molar-refractivity contribution is 8.00. The van der Waals surface area contributed by atoms with Crippen LogP contribution in [0, 0.1) is 0 Å². The normalized spacial score (nSPS) is 22.9. The van der Waals surface area contributed by atoms with Crippen molar-refractivity contribution >= 4 is 30.0 Å². The molecule has 0 aromatic heterocycles. The monoisotopic (exact) mass is 330 g/mol. The maximum Gasteiger partial charge on any atom is 0.113 e. The Morgan fingerprint density at radius 2 is 1.64 bits per heavy atom. The van der Waals surface area contributed by atoms with Gasteiger partial charge in [0.2, 0.25) is 0 Å². The minimum atomic E-state index is 0. The molecule has 114 valence electrons. The summed E-state index contributed by atoms with van der Waals surface area (Å²) >= 11 is 1.95. The van der Waals surface area contributed by atoms with E-state index in [0.717, 1.165) is 13.1 Å². The second kappa shape index (κ2) is 6.76. The second-order valence-corrected chi connectivity index (χ2v) is 6.84. The molecule has 0 radical (unpaired) electrons. The molecule has 0 amide bonds. The van der Waals surface area contributed by atoms with Crippen LogP contribution in [0.2, 0.25) is 0 Å². The van der Waals surface area contributed by atoms with E-state index in [1.807, 2.05) is 11.8 Å². The van der Waals surface area contributed by atoms with Crippen molar-refractivity contribution in [1.82, 2.24) is 4.90 Å². The maximum absolute atomic E-state index is 5.02. The standard InChI is InChI=1S/C18H18N2S.ClH/c1-3-7-14(8-4-1)16-13-20-12-11-17(18(20)19-16)21-15-9-5-2-6-10-15;/h1-10,16-17H,11-13H2;1H. The lowest BCUT2D eigenvalue weighted by atomic mass is 10.1. The topological polar surface area (TPSA) is 15.6 Å². The Kier molecular flexibility index (Phi) is 4.74. The quantitative estimate of drug-likeness (QED) is 0.827. The van der Waals surface area contributed by atoms with Gasteiger partial charge in [-0.2, -0.15) is 0 Å². The molecule has 2 unspecified atom stereocenters. The van der Waals surface area contributed by atoms with Crippen molar-refractivity contribution in [3.63, 3.8) is 0 Å². The van der Waals surface area contributed by atoms with Gasteiger partial charge in [-0.1, -0.05) is 48.5 Å². The van der Waals surface area contributed by atoms with Crippen LogP contribution in [0.5, 0.6) is 0 Å². The van der Waals surface area contributed by atoms with Gasteiger partial charge in [-0.25, -0.2) is 0 Å². The molecule has 4 rings (SSSR count). The highest BCUT2D eigenvalue weighted by Crippen LogP contribution is 2.37. The maximum atomic E-state index is 5.02. The van der Waals surface area contributed by atoms with Crippen LogP contribution in [0.4, 0.5) is 0 Å². The molecule has 4 heteroatoms. The van der Waals surface area contributed by atoms with E-state index in [1.165, 1.54) is 22.7 Å². The van der Waals surface area contributed by atoms with E-state index in [4.69, 9.17) is 4.99 Å². The lowest BCUT2D eigenvalue weighted by Gasteiger charge is -2.14. The van der Waals surface area contributed by atoms with Crippen molar-refractivity contribution in [2.45, 2.75) is 22.6 Å². The molecule has 2 aliphatic rings. The molecule has 2 aromatic rings. The minimum absolute atomic E-state index is 0. The summed E-state index contributed by atoms with van der Waals surface area (Å²) in [6.07, 6.45) is 1.21. The molecule has 0 bridgehead atoms. The predicted octanol–water partition coefficient (Wildman–Crippen LogP) is 4.43. The first-order valence-electron chi connectivity index (χ1n) is 7.49. The van der Waals surface area contributed by atoms with Gasteiger partial charge in [0.15, 0.2) is 0 Å². The number of halogens is 1. The van der Waals surface area contributed by atoms with Gasteiger partial charge in [-0.05, 0) is 24.1 Å². The number of amidine groups is 1. The highest BCUT2D eigenvalue weighted by atomic mass is 35.5. The zero-order chi connectivity index (χ0) is 14.1. The third-order valence-electron chi connectivity index (χ3n) is 4.16. The number of rotatable bonds is 3. The Hall–Kier alpha value is -1.45. The first-order valence-corrected chi connectivity index (χ1v) is 8.37. The van der Waals surface area contributed by atoms with Gasteiger partial charge in [0.05, 0.1) is 11.3 Å². The molecule has 2 atom stereocenters. The smallest absolute Gasteiger partial charge is 0.113 e.